The summed E-state index contributed by atoms with van der Waals surface area (Å²) < 4.78 is 2.46. The monoisotopic (exact) mass is 790 g/mol. The second kappa shape index (κ2) is 16.1. The number of fused-ring (bicyclic) bond motifs is 3. The molecule has 0 fully saturated rings. The van der Waals surface area contributed by atoms with Gasteiger partial charge in [-0.1, -0.05) is 200 Å². The molecule has 0 amide bonds. The zero-order valence-electron chi connectivity index (χ0n) is 34.1. The molecular weight excluding hydrogens is 749 g/mol. The lowest BCUT2D eigenvalue weighted by molar-refractivity contribution is 1.18. The zero-order valence-corrected chi connectivity index (χ0v) is 34.1. The van der Waals surface area contributed by atoms with Crippen molar-refractivity contribution in [1.29, 1.82) is 0 Å². The first-order valence-electron chi connectivity index (χ1n) is 21.3. The van der Waals surface area contributed by atoms with Crippen molar-refractivity contribution in [2.45, 2.75) is 0 Å². The Kier molecular flexibility index (Phi) is 9.57. The molecule has 0 radical (unpaired) electrons. The molecule has 0 spiro atoms. The molecule has 0 bridgehead atoms. The molecule has 0 atom stereocenters. The lowest BCUT2D eigenvalue weighted by atomic mass is 9.93. The highest BCUT2D eigenvalue weighted by Gasteiger charge is 2.19. The lowest BCUT2D eigenvalue weighted by Gasteiger charge is -2.26. The van der Waals surface area contributed by atoms with E-state index in [-0.39, 0.29) is 0 Å². The van der Waals surface area contributed by atoms with Gasteiger partial charge >= 0.3 is 0 Å². The molecule has 0 aliphatic heterocycles. The fourth-order valence-corrected chi connectivity index (χ4v) is 9.03. The van der Waals surface area contributed by atoms with Crippen LogP contribution in [0.1, 0.15) is 0 Å². The summed E-state index contributed by atoms with van der Waals surface area (Å²) in [6.45, 7) is 0. The van der Waals surface area contributed by atoms with Crippen LogP contribution in [0.25, 0.3) is 83.1 Å². The summed E-state index contributed by atoms with van der Waals surface area (Å²) in [4.78, 5) is 2.34. The summed E-state index contributed by atoms with van der Waals surface area (Å²) in [7, 11) is 0. The number of benzene rings is 10. The fourth-order valence-electron chi connectivity index (χ4n) is 9.03. The number of anilines is 3. The van der Waals surface area contributed by atoms with Gasteiger partial charge in [0.2, 0.25) is 0 Å². The molecule has 0 unspecified atom stereocenters. The van der Waals surface area contributed by atoms with Gasteiger partial charge in [0.25, 0.3) is 0 Å². The van der Waals surface area contributed by atoms with E-state index < -0.39 is 0 Å². The van der Waals surface area contributed by atoms with Gasteiger partial charge in [0.05, 0.1) is 11.0 Å². The van der Waals surface area contributed by atoms with E-state index in [1.807, 2.05) is 0 Å². The van der Waals surface area contributed by atoms with Crippen molar-refractivity contribution < 1.29 is 0 Å². The first-order valence-corrected chi connectivity index (χ1v) is 21.3. The van der Waals surface area contributed by atoms with Gasteiger partial charge in [-0.15, -0.1) is 0 Å². The highest BCUT2D eigenvalue weighted by atomic mass is 15.1. The number of rotatable bonds is 9. The second-order valence-corrected chi connectivity index (χ2v) is 15.7. The molecule has 11 aromatic rings. The average Bonchev–Trinajstić information content (AvgIpc) is 3.70. The minimum Gasteiger partial charge on any atom is -0.311 e. The standard InChI is InChI=1S/C60H42N2/c1-4-16-43(17-5-1)45-30-36-50(37-31-45)61(51-38-32-46(33-39-51)44-18-6-2-7-19-44)52-40-34-47(35-41-52)49-22-14-23-53(42-49)62-59-29-13-12-26-56(59)58-28-15-27-57(60(58)62)55-25-11-10-24-54(55)48-20-8-3-9-21-48/h1-42H. The van der Waals surface area contributed by atoms with E-state index in [2.05, 4.69) is 264 Å². The van der Waals surface area contributed by atoms with Crippen LogP contribution in [0, 0.1) is 0 Å². The summed E-state index contributed by atoms with van der Waals surface area (Å²) in [5.41, 5.74) is 18.8. The first kappa shape index (κ1) is 36.8. The third kappa shape index (κ3) is 6.84. The normalized spacial score (nSPS) is 11.2. The van der Waals surface area contributed by atoms with Gasteiger partial charge < -0.3 is 9.47 Å². The van der Waals surface area contributed by atoms with Crippen molar-refractivity contribution >= 4 is 38.9 Å². The maximum atomic E-state index is 2.46. The molecule has 0 aliphatic rings. The zero-order chi connectivity index (χ0) is 41.2. The molecule has 62 heavy (non-hydrogen) atoms. The average molecular weight is 791 g/mol. The molecule has 0 N–H and O–H groups in total. The Morgan fingerprint density at radius 1 is 0.258 bits per heavy atom. The van der Waals surface area contributed by atoms with Crippen LogP contribution >= 0.6 is 0 Å². The van der Waals surface area contributed by atoms with Crippen LogP contribution in [0.15, 0.2) is 255 Å². The maximum Gasteiger partial charge on any atom is 0.0619 e. The van der Waals surface area contributed by atoms with Gasteiger partial charge in [0.1, 0.15) is 0 Å². The van der Waals surface area contributed by atoms with E-state index in [9.17, 15) is 0 Å². The second-order valence-electron chi connectivity index (χ2n) is 15.7. The van der Waals surface area contributed by atoms with Crippen LogP contribution in [0.3, 0.4) is 0 Å². The SMILES string of the molecule is c1ccc(-c2ccc(N(c3ccc(-c4ccccc4)cc3)c3ccc(-c4cccc(-n5c6ccccc6c6cccc(-c7ccccc7-c7ccccc7)c65)c4)cc3)cc2)cc1. The van der Waals surface area contributed by atoms with Crippen molar-refractivity contribution in [3.63, 3.8) is 0 Å². The first-order chi connectivity index (χ1) is 30.8. The minimum absolute atomic E-state index is 1.09. The largest absolute Gasteiger partial charge is 0.311 e. The Balaban J connectivity index is 0.995. The third-order valence-electron chi connectivity index (χ3n) is 12.0. The van der Waals surface area contributed by atoms with Gasteiger partial charge in [-0.25, -0.2) is 0 Å². The van der Waals surface area contributed by atoms with Crippen molar-refractivity contribution in [3.8, 4) is 61.3 Å². The van der Waals surface area contributed by atoms with Crippen LogP contribution in [-0.2, 0) is 0 Å². The molecule has 2 nitrogen and oxygen atoms in total. The molecule has 1 aromatic heterocycles. The van der Waals surface area contributed by atoms with Crippen LogP contribution in [0.5, 0.6) is 0 Å². The Morgan fingerprint density at radius 2 is 0.661 bits per heavy atom. The summed E-state index contributed by atoms with van der Waals surface area (Å²) in [6.07, 6.45) is 0. The van der Waals surface area contributed by atoms with E-state index in [1.165, 1.54) is 66.3 Å². The van der Waals surface area contributed by atoms with Crippen molar-refractivity contribution in [1.82, 2.24) is 4.57 Å². The minimum atomic E-state index is 1.09. The van der Waals surface area contributed by atoms with Gasteiger partial charge in [-0.05, 0) is 105 Å². The van der Waals surface area contributed by atoms with E-state index in [0.717, 1.165) is 33.9 Å². The van der Waals surface area contributed by atoms with E-state index in [4.69, 9.17) is 0 Å². The predicted octanol–water partition coefficient (Wildman–Crippen LogP) is 16.6. The Labute approximate surface area is 362 Å². The molecule has 292 valence electrons. The van der Waals surface area contributed by atoms with Crippen LogP contribution < -0.4 is 4.90 Å². The molecule has 11 rings (SSSR count). The van der Waals surface area contributed by atoms with Crippen LogP contribution in [0.2, 0.25) is 0 Å². The molecule has 2 heteroatoms. The highest BCUT2D eigenvalue weighted by molar-refractivity contribution is 6.14. The number of nitrogens with zero attached hydrogens (tertiary/aromatic N) is 2. The molecule has 0 aliphatic carbocycles. The van der Waals surface area contributed by atoms with Crippen molar-refractivity contribution in [3.05, 3.63) is 255 Å². The number of hydrogen-bond donors (Lipinski definition) is 0. The molecule has 0 saturated carbocycles. The van der Waals surface area contributed by atoms with E-state index in [1.54, 1.807) is 0 Å². The maximum absolute atomic E-state index is 2.46. The Morgan fingerprint density at radius 3 is 1.24 bits per heavy atom. The highest BCUT2D eigenvalue weighted by Crippen LogP contribution is 2.42. The van der Waals surface area contributed by atoms with Crippen molar-refractivity contribution in [2.75, 3.05) is 4.90 Å². The fraction of sp³-hybridized carbons (Fsp3) is 0. The Hall–Kier alpha value is -8.20. The molecular formula is C60H42N2. The summed E-state index contributed by atoms with van der Waals surface area (Å²) in [6, 6.07) is 91.9. The summed E-state index contributed by atoms with van der Waals surface area (Å²) in [5, 5.41) is 2.48. The van der Waals surface area contributed by atoms with E-state index in [0.29, 0.717) is 0 Å². The van der Waals surface area contributed by atoms with Gasteiger partial charge in [0.15, 0.2) is 0 Å². The third-order valence-corrected chi connectivity index (χ3v) is 12.0. The molecule has 0 saturated heterocycles. The number of aromatic nitrogens is 1. The Bertz CT molecular complexity index is 3210. The van der Waals surface area contributed by atoms with Crippen LogP contribution in [0.4, 0.5) is 17.1 Å². The topological polar surface area (TPSA) is 8.17 Å². The van der Waals surface area contributed by atoms with Crippen LogP contribution in [-0.4, -0.2) is 4.57 Å². The van der Waals surface area contributed by atoms with Gasteiger partial charge in [-0.2, -0.15) is 0 Å². The molecule has 10 aromatic carbocycles. The smallest absolute Gasteiger partial charge is 0.0619 e. The predicted molar refractivity (Wildman–Crippen MR) is 263 cm³/mol. The summed E-state index contributed by atoms with van der Waals surface area (Å²) in [5.74, 6) is 0. The number of para-hydroxylation sites is 2. The summed E-state index contributed by atoms with van der Waals surface area (Å²) >= 11 is 0. The molecule has 1 heterocycles. The lowest BCUT2D eigenvalue weighted by Crippen LogP contribution is -2.09. The van der Waals surface area contributed by atoms with Gasteiger partial charge in [-0.3, -0.25) is 0 Å². The van der Waals surface area contributed by atoms with Gasteiger partial charge in [0, 0.05) is 39.1 Å². The quantitative estimate of drug-likeness (QED) is 0.141. The van der Waals surface area contributed by atoms with E-state index >= 15 is 0 Å². The number of hydrogen-bond acceptors (Lipinski definition) is 1. The van der Waals surface area contributed by atoms with Crippen molar-refractivity contribution in [2.24, 2.45) is 0 Å².